The number of carbonyl (C=O) groups is 1. The summed E-state index contributed by atoms with van der Waals surface area (Å²) in [6.45, 7) is 3.96. The predicted molar refractivity (Wildman–Crippen MR) is 58.7 cm³/mol. The van der Waals surface area contributed by atoms with Gasteiger partial charge in [0.1, 0.15) is 5.82 Å². The maximum Gasteiger partial charge on any atom is 0.241 e. The van der Waals surface area contributed by atoms with E-state index in [1.54, 1.807) is 20.3 Å². The summed E-state index contributed by atoms with van der Waals surface area (Å²) in [6, 6.07) is 0. The average molecular weight is 208 g/mol. The number of anilines is 1. The van der Waals surface area contributed by atoms with Crippen molar-refractivity contribution in [3.8, 4) is 0 Å². The monoisotopic (exact) mass is 208 g/mol. The molecule has 0 unspecified atom stereocenters. The van der Waals surface area contributed by atoms with Gasteiger partial charge in [0.05, 0.1) is 17.9 Å². The summed E-state index contributed by atoms with van der Waals surface area (Å²) in [4.78, 5) is 21.3. The van der Waals surface area contributed by atoms with Gasteiger partial charge in [-0.15, -0.1) is 0 Å². The molecule has 1 aromatic heterocycles. The number of aryl methyl sites for hydroxylation is 2. The first kappa shape index (κ1) is 11.4. The van der Waals surface area contributed by atoms with Crippen molar-refractivity contribution in [1.29, 1.82) is 0 Å². The molecular weight excluding hydrogens is 192 g/mol. The fourth-order valence-electron chi connectivity index (χ4n) is 1.02. The molecule has 5 nitrogen and oxygen atoms in total. The van der Waals surface area contributed by atoms with Gasteiger partial charge in [-0.05, 0) is 13.8 Å². The van der Waals surface area contributed by atoms with E-state index in [-0.39, 0.29) is 12.5 Å². The van der Waals surface area contributed by atoms with Gasteiger partial charge in [-0.2, -0.15) is 0 Å². The van der Waals surface area contributed by atoms with Crippen LogP contribution in [-0.2, 0) is 4.79 Å². The molecule has 5 heteroatoms. The molecule has 1 rings (SSSR count). The maximum atomic E-state index is 11.3. The van der Waals surface area contributed by atoms with E-state index in [0.29, 0.717) is 5.82 Å². The standard InChI is InChI=1S/C10H16N4O/c1-7-5-11-8(2)10(13-7)12-6-9(15)14(3)4/h5H,6H2,1-4H3,(H,12,13). The fraction of sp³-hybridized carbons (Fsp3) is 0.500. The van der Waals surface area contributed by atoms with Crippen molar-refractivity contribution in [2.24, 2.45) is 0 Å². The minimum absolute atomic E-state index is 0.0118. The van der Waals surface area contributed by atoms with Crippen molar-refractivity contribution < 1.29 is 4.79 Å². The highest BCUT2D eigenvalue weighted by atomic mass is 16.2. The minimum atomic E-state index is 0.0118. The summed E-state index contributed by atoms with van der Waals surface area (Å²) < 4.78 is 0. The molecule has 0 aliphatic carbocycles. The Morgan fingerprint density at radius 1 is 1.47 bits per heavy atom. The third kappa shape index (κ3) is 3.19. The molecule has 0 saturated heterocycles. The molecule has 0 aromatic carbocycles. The van der Waals surface area contributed by atoms with Crippen LogP contribution in [0.5, 0.6) is 0 Å². The zero-order valence-corrected chi connectivity index (χ0v) is 9.53. The van der Waals surface area contributed by atoms with E-state index in [0.717, 1.165) is 11.4 Å². The second-order valence-electron chi connectivity index (χ2n) is 3.59. The highest BCUT2D eigenvalue weighted by Gasteiger charge is 2.06. The lowest BCUT2D eigenvalue weighted by Gasteiger charge is -2.12. The molecular formula is C10H16N4O. The van der Waals surface area contributed by atoms with Crippen molar-refractivity contribution in [3.05, 3.63) is 17.6 Å². The second-order valence-corrected chi connectivity index (χ2v) is 3.59. The molecule has 0 saturated carbocycles. The highest BCUT2D eigenvalue weighted by Crippen LogP contribution is 2.07. The molecule has 0 bridgehead atoms. The number of hydrogen-bond donors (Lipinski definition) is 1. The van der Waals surface area contributed by atoms with Crippen LogP contribution in [0.25, 0.3) is 0 Å². The Balaban J connectivity index is 2.65. The lowest BCUT2D eigenvalue weighted by Crippen LogP contribution is -2.29. The number of amides is 1. The molecule has 1 N–H and O–H groups in total. The molecule has 0 fully saturated rings. The van der Waals surface area contributed by atoms with E-state index < -0.39 is 0 Å². The first-order valence-electron chi connectivity index (χ1n) is 4.75. The van der Waals surface area contributed by atoms with Crippen LogP contribution in [0.3, 0.4) is 0 Å². The van der Waals surface area contributed by atoms with Crippen molar-refractivity contribution >= 4 is 11.7 Å². The molecule has 1 amide bonds. The molecule has 0 aliphatic heterocycles. The molecule has 0 aliphatic rings. The first-order valence-corrected chi connectivity index (χ1v) is 4.75. The Morgan fingerprint density at radius 3 is 2.73 bits per heavy atom. The van der Waals surface area contributed by atoms with Crippen LogP contribution in [0.2, 0.25) is 0 Å². The van der Waals surface area contributed by atoms with Crippen LogP contribution in [0, 0.1) is 13.8 Å². The van der Waals surface area contributed by atoms with Crippen LogP contribution < -0.4 is 5.32 Å². The minimum Gasteiger partial charge on any atom is -0.359 e. The Bertz CT molecular complexity index is 362. The molecule has 0 spiro atoms. The third-order valence-corrected chi connectivity index (χ3v) is 1.98. The first-order chi connectivity index (χ1) is 7.00. The summed E-state index contributed by atoms with van der Waals surface area (Å²) in [5.74, 6) is 0.683. The summed E-state index contributed by atoms with van der Waals surface area (Å²) in [5, 5.41) is 2.97. The highest BCUT2D eigenvalue weighted by molar-refractivity contribution is 5.80. The SMILES string of the molecule is Cc1cnc(C)c(NCC(=O)N(C)C)n1. The number of likely N-dealkylation sites (N-methyl/N-ethyl adjacent to an activating group) is 1. The Morgan fingerprint density at radius 2 is 2.13 bits per heavy atom. The van der Waals surface area contributed by atoms with E-state index in [1.165, 1.54) is 4.90 Å². The van der Waals surface area contributed by atoms with Gasteiger partial charge in [0.25, 0.3) is 0 Å². The summed E-state index contributed by atoms with van der Waals surface area (Å²) in [5.41, 5.74) is 1.63. The number of nitrogens with zero attached hydrogens (tertiary/aromatic N) is 3. The van der Waals surface area contributed by atoms with E-state index in [4.69, 9.17) is 0 Å². The molecule has 0 radical (unpaired) electrons. The van der Waals surface area contributed by atoms with Crippen LogP contribution in [0.15, 0.2) is 6.20 Å². The van der Waals surface area contributed by atoms with Crippen LogP contribution in [0.1, 0.15) is 11.4 Å². The predicted octanol–water partition coefficient (Wildman–Crippen LogP) is 0.594. The second kappa shape index (κ2) is 4.72. The Hall–Kier alpha value is -1.65. The summed E-state index contributed by atoms with van der Waals surface area (Å²) in [6.07, 6.45) is 1.70. The van der Waals surface area contributed by atoms with Crippen molar-refractivity contribution in [2.75, 3.05) is 26.0 Å². The zero-order valence-electron chi connectivity index (χ0n) is 9.53. The van der Waals surface area contributed by atoms with Crippen LogP contribution in [0.4, 0.5) is 5.82 Å². The van der Waals surface area contributed by atoms with E-state index in [2.05, 4.69) is 15.3 Å². The lowest BCUT2D eigenvalue weighted by molar-refractivity contribution is -0.126. The Labute approximate surface area is 89.5 Å². The van der Waals surface area contributed by atoms with Gasteiger partial charge >= 0.3 is 0 Å². The van der Waals surface area contributed by atoms with E-state index >= 15 is 0 Å². The zero-order chi connectivity index (χ0) is 11.4. The quantitative estimate of drug-likeness (QED) is 0.790. The van der Waals surface area contributed by atoms with Gasteiger partial charge in [-0.25, -0.2) is 4.98 Å². The molecule has 82 valence electrons. The van der Waals surface area contributed by atoms with Gasteiger partial charge in [0, 0.05) is 20.3 Å². The number of hydrogen-bond acceptors (Lipinski definition) is 4. The van der Waals surface area contributed by atoms with Gasteiger partial charge < -0.3 is 10.2 Å². The fourth-order valence-corrected chi connectivity index (χ4v) is 1.02. The van der Waals surface area contributed by atoms with Gasteiger partial charge in [0.2, 0.25) is 5.91 Å². The molecule has 1 aromatic rings. The average Bonchev–Trinajstić information content (AvgIpc) is 2.18. The van der Waals surface area contributed by atoms with E-state index in [1.807, 2.05) is 13.8 Å². The third-order valence-electron chi connectivity index (χ3n) is 1.98. The summed E-state index contributed by atoms with van der Waals surface area (Å²) in [7, 11) is 3.44. The van der Waals surface area contributed by atoms with Crippen LogP contribution in [-0.4, -0.2) is 41.4 Å². The van der Waals surface area contributed by atoms with Crippen molar-refractivity contribution in [2.45, 2.75) is 13.8 Å². The molecule has 15 heavy (non-hydrogen) atoms. The van der Waals surface area contributed by atoms with Gasteiger partial charge in [-0.3, -0.25) is 9.78 Å². The molecule has 0 atom stereocenters. The van der Waals surface area contributed by atoms with Crippen molar-refractivity contribution in [1.82, 2.24) is 14.9 Å². The van der Waals surface area contributed by atoms with Crippen molar-refractivity contribution in [3.63, 3.8) is 0 Å². The smallest absolute Gasteiger partial charge is 0.241 e. The summed E-state index contributed by atoms with van der Waals surface area (Å²) >= 11 is 0. The van der Waals surface area contributed by atoms with Gasteiger partial charge in [-0.1, -0.05) is 0 Å². The number of aromatic nitrogens is 2. The molecule has 1 heterocycles. The van der Waals surface area contributed by atoms with Gasteiger partial charge in [0.15, 0.2) is 0 Å². The number of carbonyl (C=O) groups excluding carboxylic acids is 1. The van der Waals surface area contributed by atoms with E-state index in [9.17, 15) is 4.79 Å². The Kier molecular flexibility index (Phi) is 3.60. The topological polar surface area (TPSA) is 58.1 Å². The normalized spacial score (nSPS) is 9.87. The number of nitrogens with one attached hydrogen (secondary N) is 1. The lowest BCUT2D eigenvalue weighted by atomic mass is 10.4. The van der Waals surface area contributed by atoms with Crippen LogP contribution >= 0.6 is 0 Å². The maximum absolute atomic E-state index is 11.3. The number of rotatable bonds is 3. The largest absolute Gasteiger partial charge is 0.359 e.